The molecular formula is C18H29N7O4S. The van der Waals surface area contributed by atoms with Gasteiger partial charge < -0.3 is 15.4 Å². The Bertz CT molecular complexity index is 788. The maximum absolute atomic E-state index is 13.3. The van der Waals surface area contributed by atoms with Gasteiger partial charge in [0, 0.05) is 57.7 Å². The first-order valence-electron chi connectivity index (χ1n) is 9.74. The van der Waals surface area contributed by atoms with Gasteiger partial charge in [0.15, 0.2) is 5.84 Å². The highest BCUT2D eigenvalue weighted by atomic mass is 32.2. The minimum absolute atomic E-state index is 0.314. The number of hydrogen-bond acceptors (Lipinski definition) is 8. The number of benzene rings is 1. The molecule has 1 aromatic carbocycles. The van der Waals surface area contributed by atoms with Gasteiger partial charge in [-0.2, -0.15) is 0 Å². The van der Waals surface area contributed by atoms with E-state index in [-0.39, 0.29) is 0 Å². The lowest BCUT2D eigenvalue weighted by Gasteiger charge is -2.41. The molecule has 1 unspecified atom stereocenters. The number of rotatable bonds is 6. The number of piperazine rings is 1. The van der Waals surface area contributed by atoms with Crippen molar-refractivity contribution in [3.05, 3.63) is 29.8 Å². The van der Waals surface area contributed by atoms with Crippen LogP contribution >= 0.6 is 0 Å². The Morgan fingerprint density at radius 3 is 2.37 bits per heavy atom. The Balaban J connectivity index is 1.64. The van der Waals surface area contributed by atoms with E-state index in [1.165, 1.54) is 0 Å². The first-order chi connectivity index (χ1) is 14.4. The number of ether oxygens (including phenoxy) is 1. The van der Waals surface area contributed by atoms with E-state index >= 15 is 0 Å². The zero-order valence-electron chi connectivity index (χ0n) is 17.0. The fourth-order valence-electron chi connectivity index (χ4n) is 3.71. The molecular weight excluding hydrogens is 410 g/mol. The van der Waals surface area contributed by atoms with Crippen molar-refractivity contribution in [3.63, 3.8) is 0 Å². The number of amidine groups is 1. The van der Waals surface area contributed by atoms with E-state index in [2.05, 4.69) is 10.0 Å². The summed E-state index contributed by atoms with van der Waals surface area (Å²) in [4.78, 5) is 14.5. The van der Waals surface area contributed by atoms with Crippen LogP contribution in [0.2, 0.25) is 0 Å². The lowest BCUT2D eigenvalue weighted by molar-refractivity contribution is -0.134. The highest BCUT2D eigenvalue weighted by Crippen LogP contribution is 2.31. The second-order valence-electron chi connectivity index (χ2n) is 7.32. The number of nitrogens with zero attached hydrogens (tertiary/aromatic N) is 4. The van der Waals surface area contributed by atoms with Crippen molar-refractivity contribution in [3.8, 4) is 0 Å². The second-order valence-corrected chi connectivity index (χ2v) is 9.11. The van der Waals surface area contributed by atoms with Gasteiger partial charge in [-0.1, -0.05) is 0 Å². The van der Waals surface area contributed by atoms with E-state index in [0.717, 1.165) is 16.4 Å². The summed E-state index contributed by atoms with van der Waals surface area (Å²) in [6, 6.07) is 7.68. The van der Waals surface area contributed by atoms with Crippen LogP contribution in [0.1, 0.15) is 18.4 Å². The minimum atomic E-state index is -1.56. The molecule has 2 heterocycles. The van der Waals surface area contributed by atoms with Crippen molar-refractivity contribution in [1.29, 1.82) is 0 Å². The van der Waals surface area contributed by atoms with Gasteiger partial charge in [0.1, 0.15) is 15.7 Å². The molecule has 3 rings (SSSR count). The third-order valence-corrected chi connectivity index (χ3v) is 7.51. The van der Waals surface area contributed by atoms with E-state index in [4.69, 9.17) is 16.3 Å². The van der Waals surface area contributed by atoms with Crippen molar-refractivity contribution < 1.29 is 18.9 Å². The average molecular weight is 440 g/mol. The number of anilines is 1. The largest absolute Gasteiger partial charge is 0.382 e. The molecule has 1 atom stereocenters. The van der Waals surface area contributed by atoms with Crippen LogP contribution in [0, 0.1) is 0 Å². The highest BCUT2D eigenvalue weighted by molar-refractivity contribution is 7.85. The number of amides is 1. The normalized spacial score (nSPS) is 21.2. The molecule has 30 heavy (non-hydrogen) atoms. The molecule has 0 bridgehead atoms. The third kappa shape index (κ3) is 4.73. The van der Waals surface area contributed by atoms with Gasteiger partial charge in [0.25, 0.3) is 5.91 Å². The fourth-order valence-corrected chi connectivity index (χ4v) is 5.42. The number of hydrazine groups is 1. The number of carbonyl (C=O) groups excluding carboxylic acids is 1. The second kappa shape index (κ2) is 9.71. The maximum Gasteiger partial charge on any atom is 0.263 e. The number of nitrogens with two attached hydrogens (primary N) is 2. The molecule has 166 valence electrons. The molecule has 0 radical (unpaired) electrons. The van der Waals surface area contributed by atoms with Crippen LogP contribution in [0.15, 0.2) is 29.4 Å². The van der Waals surface area contributed by atoms with Gasteiger partial charge in [-0.3, -0.25) is 10.0 Å². The predicted molar refractivity (Wildman–Crippen MR) is 114 cm³/mol. The molecule has 0 spiro atoms. The molecule has 2 saturated heterocycles. The summed E-state index contributed by atoms with van der Waals surface area (Å²) in [5.74, 6) is 5.21. The Hall–Kier alpha value is -2.25. The number of hydroxylamine groups is 1. The number of nitrogens with one attached hydrogen (secondary N) is 1. The lowest BCUT2D eigenvalue weighted by atomic mass is 9.98. The molecule has 2 fully saturated rings. The summed E-state index contributed by atoms with van der Waals surface area (Å²) in [7, 11) is 0.0339. The van der Waals surface area contributed by atoms with Gasteiger partial charge in [-0.15, -0.1) is 5.10 Å². The van der Waals surface area contributed by atoms with E-state index in [9.17, 15) is 14.2 Å². The van der Waals surface area contributed by atoms with Crippen molar-refractivity contribution in [2.75, 3.05) is 51.3 Å². The number of carbonyl (C=O) groups is 1. The standard InChI is InChI=1S/C18H29N7O4S/c1-23(20)21-16(19)14-2-4-15(5-3-14)24-8-10-25(11-9-24)30(28)18(17(26)22-27)6-12-29-13-7-18/h2-5,27H,6-13,20H2,1H3,(H2,19,21)(H,22,26). The van der Waals surface area contributed by atoms with Crippen LogP contribution in [0.4, 0.5) is 5.69 Å². The summed E-state index contributed by atoms with van der Waals surface area (Å²) >= 11 is 0. The molecule has 6 N–H and O–H groups in total. The smallest absolute Gasteiger partial charge is 0.263 e. The molecule has 2 aliphatic heterocycles. The SMILES string of the molecule is CN(N)/N=C(\N)c1ccc(N2CCN(S(=O)C3(C(=O)NO)CCOCC3)CC2)cc1. The monoisotopic (exact) mass is 439 g/mol. The summed E-state index contributed by atoms with van der Waals surface area (Å²) < 4.78 is 19.3. The van der Waals surface area contributed by atoms with Gasteiger partial charge in [-0.25, -0.2) is 25.0 Å². The van der Waals surface area contributed by atoms with Crippen LogP contribution in [0.3, 0.4) is 0 Å². The van der Waals surface area contributed by atoms with Crippen molar-refractivity contribution in [2.24, 2.45) is 16.7 Å². The number of hydrogen-bond donors (Lipinski definition) is 4. The lowest BCUT2D eigenvalue weighted by Crippen LogP contribution is -2.59. The molecule has 2 aliphatic rings. The van der Waals surface area contributed by atoms with Crippen molar-refractivity contribution >= 4 is 28.4 Å². The van der Waals surface area contributed by atoms with E-state index < -0.39 is 21.6 Å². The molecule has 1 amide bonds. The fraction of sp³-hybridized carbons (Fsp3) is 0.556. The molecule has 11 nitrogen and oxygen atoms in total. The quantitative estimate of drug-likeness (QED) is 0.144. The first kappa shape index (κ1) is 22.4. The Morgan fingerprint density at radius 1 is 1.23 bits per heavy atom. The van der Waals surface area contributed by atoms with E-state index in [1.807, 2.05) is 28.6 Å². The summed E-state index contributed by atoms with van der Waals surface area (Å²) in [6.07, 6.45) is 0.628. The van der Waals surface area contributed by atoms with Crippen molar-refractivity contribution in [1.82, 2.24) is 14.9 Å². The predicted octanol–water partition coefficient (Wildman–Crippen LogP) is -1.05. The van der Waals surface area contributed by atoms with Gasteiger partial charge in [0.05, 0.1) is 0 Å². The topological polar surface area (TPSA) is 150 Å². The van der Waals surface area contributed by atoms with Crippen molar-refractivity contribution in [2.45, 2.75) is 17.6 Å². The summed E-state index contributed by atoms with van der Waals surface area (Å²) in [5.41, 5.74) is 9.40. The highest BCUT2D eigenvalue weighted by Gasteiger charge is 2.48. The number of hydrazone groups is 1. The average Bonchev–Trinajstić information content (AvgIpc) is 2.78. The first-order valence-corrected chi connectivity index (χ1v) is 10.8. The summed E-state index contributed by atoms with van der Waals surface area (Å²) in [6.45, 7) is 3.09. The molecule has 0 saturated carbocycles. The van der Waals surface area contributed by atoms with Gasteiger partial charge >= 0.3 is 0 Å². The van der Waals surface area contributed by atoms with Gasteiger partial charge in [0.2, 0.25) is 0 Å². The van der Waals surface area contributed by atoms with Gasteiger partial charge in [-0.05, 0) is 37.1 Å². The zero-order valence-corrected chi connectivity index (χ0v) is 17.8. The molecule has 12 heteroatoms. The summed E-state index contributed by atoms with van der Waals surface area (Å²) in [5, 5.41) is 14.3. The Kier molecular flexibility index (Phi) is 7.26. The molecule has 0 aliphatic carbocycles. The third-order valence-electron chi connectivity index (χ3n) is 5.42. The Morgan fingerprint density at radius 2 is 1.83 bits per heavy atom. The minimum Gasteiger partial charge on any atom is -0.382 e. The van der Waals surface area contributed by atoms with Crippen LogP contribution in [0.5, 0.6) is 0 Å². The Labute approximate surface area is 178 Å². The van der Waals surface area contributed by atoms with E-state index in [1.54, 1.807) is 12.5 Å². The van der Waals surface area contributed by atoms with Crippen LogP contribution in [0.25, 0.3) is 0 Å². The van der Waals surface area contributed by atoms with Crippen LogP contribution < -0.4 is 22.0 Å². The molecule has 1 aromatic rings. The van der Waals surface area contributed by atoms with E-state index in [0.29, 0.717) is 58.1 Å². The van der Waals surface area contributed by atoms with Crippen LogP contribution in [-0.4, -0.2) is 81.8 Å². The van der Waals surface area contributed by atoms with Crippen LogP contribution in [-0.2, 0) is 20.5 Å². The zero-order chi connectivity index (χ0) is 21.7. The maximum atomic E-state index is 13.3. The molecule has 0 aromatic heterocycles.